The van der Waals surface area contributed by atoms with Gasteiger partial charge in [0.05, 0.1) is 34.0 Å². The number of aromatic amines is 1. The van der Waals surface area contributed by atoms with Crippen LogP contribution in [0.3, 0.4) is 0 Å². The van der Waals surface area contributed by atoms with Crippen molar-refractivity contribution in [3.05, 3.63) is 41.1 Å². The number of hydrogen-bond acceptors (Lipinski definition) is 5. The lowest BCUT2D eigenvalue weighted by Crippen LogP contribution is -1.98. The van der Waals surface area contributed by atoms with Gasteiger partial charge in [-0.3, -0.25) is 5.10 Å². The predicted molar refractivity (Wildman–Crippen MR) is 96.3 cm³/mol. The van der Waals surface area contributed by atoms with E-state index >= 15 is 0 Å². The fourth-order valence-corrected chi connectivity index (χ4v) is 3.05. The molecule has 2 aromatic carbocycles. The molecule has 0 saturated carbocycles. The van der Waals surface area contributed by atoms with Crippen LogP contribution >= 0.6 is 0 Å². The molecule has 25 heavy (non-hydrogen) atoms. The Morgan fingerprint density at radius 3 is 2.08 bits per heavy atom. The first-order chi connectivity index (χ1) is 12.1. The van der Waals surface area contributed by atoms with Gasteiger partial charge < -0.3 is 18.9 Å². The molecular formula is C19H22N2O4. The Labute approximate surface area is 146 Å². The van der Waals surface area contributed by atoms with E-state index in [0.717, 1.165) is 33.5 Å². The number of aryl methyl sites for hydroxylation is 1. The van der Waals surface area contributed by atoms with Crippen molar-refractivity contribution in [2.24, 2.45) is 0 Å². The van der Waals surface area contributed by atoms with E-state index in [-0.39, 0.29) is 0 Å². The number of aromatic nitrogens is 2. The Bertz CT molecular complexity index is 877. The van der Waals surface area contributed by atoms with Crippen LogP contribution in [-0.4, -0.2) is 38.6 Å². The number of nitrogens with zero attached hydrogens (tertiary/aromatic N) is 1. The third-order valence-electron chi connectivity index (χ3n) is 4.33. The highest BCUT2D eigenvalue weighted by Gasteiger charge is 2.16. The summed E-state index contributed by atoms with van der Waals surface area (Å²) in [5.41, 5.74) is 4.00. The van der Waals surface area contributed by atoms with Gasteiger partial charge in [-0.05, 0) is 36.8 Å². The molecule has 0 aliphatic carbocycles. The van der Waals surface area contributed by atoms with Crippen LogP contribution < -0.4 is 18.9 Å². The average molecular weight is 342 g/mol. The van der Waals surface area contributed by atoms with E-state index in [4.69, 9.17) is 18.9 Å². The van der Waals surface area contributed by atoms with E-state index < -0.39 is 0 Å². The molecule has 0 unspecified atom stereocenters. The monoisotopic (exact) mass is 342 g/mol. The van der Waals surface area contributed by atoms with Crippen LogP contribution in [-0.2, 0) is 6.42 Å². The molecule has 0 radical (unpaired) electrons. The zero-order valence-corrected chi connectivity index (χ0v) is 15.1. The van der Waals surface area contributed by atoms with E-state index in [0.29, 0.717) is 23.7 Å². The lowest BCUT2D eigenvalue weighted by molar-refractivity contribution is 0.324. The van der Waals surface area contributed by atoms with Gasteiger partial charge in [-0.1, -0.05) is 0 Å². The molecule has 1 heterocycles. The zero-order valence-electron chi connectivity index (χ0n) is 15.1. The van der Waals surface area contributed by atoms with E-state index in [1.807, 2.05) is 31.2 Å². The van der Waals surface area contributed by atoms with Gasteiger partial charge in [-0.25, -0.2) is 0 Å². The molecule has 0 bridgehead atoms. The van der Waals surface area contributed by atoms with Crippen molar-refractivity contribution in [1.29, 1.82) is 0 Å². The Balaban J connectivity index is 2.03. The molecule has 0 fully saturated rings. The van der Waals surface area contributed by atoms with Gasteiger partial charge in [0.1, 0.15) is 5.75 Å². The topological polar surface area (TPSA) is 65.6 Å². The number of rotatable bonds is 6. The van der Waals surface area contributed by atoms with E-state index in [1.165, 1.54) is 0 Å². The molecule has 0 spiro atoms. The van der Waals surface area contributed by atoms with Gasteiger partial charge in [0.25, 0.3) is 0 Å². The first kappa shape index (κ1) is 17.0. The summed E-state index contributed by atoms with van der Waals surface area (Å²) in [5, 5.41) is 8.67. The molecular weight excluding hydrogens is 320 g/mol. The van der Waals surface area contributed by atoms with Gasteiger partial charge in [0.2, 0.25) is 5.75 Å². The standard InChI is InChI=1S/C19H22N2O4/c1-11-15(22-2)7-6-13-14(20-21-18(11)13)8-12-9-16(23-3)19(25-5)17(10-12)24-4/h6-7,9-10H,8H2,1-5H3,(H,20,21). The Morgan fingerprint density at radius 1 is 0.880 bits per heavy atom. The second-order valence-corrected chi connectivity index (χ2v) is 5.70. The largest absolute Gasteiger partial charge is 0.496 e. The maximum Gasteiger partial charge on any atom is 0.203 e. The summed E-state index contributed by atoms with van der Waals surface area (Å²) in [6, 6.07) is 7.89. The second kappa shape index (κ2) is 6.93. The number of benzene rings is 2. The molecule has 3 rings (SSSR count). The normalized spacial score (nSPS) is 10.8. The van der Waals surface area contributed by atoms with Crippen LogP contribution in [0.5, 0.6) is 23.0 Å². The van der Waals surface area contributed by atoms with Crippen LogP contribution in [0.15, 0.2) is 24.3 Å². The SMILES string of the molecule is COc1cc(Cc2[nH]nc3c(C)c(OC)ccc23)cc(OC)c1OC. The molecule has 6 nitrogen and oxygen atoms in total. The second-order valence-electron chi connectivity index (χ2n) is 5.70. The van der Waals surface area contributed by atoms with Crippen LogP contribution in [0, 0.1) is 6.92 Å². The first-order valence-electron chi connectivity index (χ1n) is 7.92. The van der Waals surface area contributed by atoms with Crippen molar-refractivity contribution in [2.45, 2.75) is 13.3 Å². The third kappa shape index (κ3) is 2.95. The summed E-state index contributed by atoms with van der Waals surface area (Å²) < 4.78 is 21.6. The van der Waals surface area contributed by atoms with Crippen LogP contribution in [0.2, 0.25) is 0 Å². The van der Waals surface area contributed by atoms with Gasteiger partial charge in [-0.15, -0.1) is 0 Å². The van der Waals surface area contributed by atoms with E-state index in [9.17, 15) is 0 Å². The van der Waals surface area contributed by atoms with Crippen molar-refractivity contribution in [1.82, 2.24) is 10.2 Å². The predicted octanol–water partition coefficient (Wildman–Crippen LogP) is 3.50. The molecule has 132 valence electrons. The van der Waals surface area contributed by atoms with Gasteiger partial charge in [0, 0.05) is 23.1 Å². The minimum absolute atomic E-state index is 0.587. The number of methoxy groups -OCH3 is 4. The number of fused-ring (bicyclic) bond motifs is 1. The molecule has 0 amide bonds. The summed E-state index contributed by atoms with van der Waals surface area (Å²) in [4.78, 5) is 0. The molecule has 0 aliphatic heterocycles. The van der Waals surface area contributed by atoms with E-state index in [1.54, 1.807) is 28.4 Å². The van der Waals surface area contributed by atoms with Crippen molar-refractivity contribution in [2.75, 3.05) is 28.4 Å². The first-order valence-corrected chi connectivity index (χ1v) is 7.92. The number of nitrogens with one attached hydrogen (secondary N) is 1. The summed E-state index contributed by atoms with van der Waals surface area (Å²) in [6.45, 7) is 2.01. The number of ether oxygens (including phenoxy) is 4. The lowest BCUT2D eigenvalue weighted by atomic mass is 10.0. The van der Waals surface area contributed by atoms with Gasteiger partial charge in [0.15, 0.2) is 11.5 Å². The average Bonchev–Trinajstić information content (AvgIpc) is 3.04. The maximum atomic E-state index is 5.43. The molecule has 0 atom stereocenters. The molecule has 0 aliphatic rings. The highest BCUT2D eigenvalue weighted by atomic mass is 16.5. The smallest absolute Gasteiger partial charge is 0.203 e. The summed E-state index contributed by atoms with van der Waals surface area (Å²) in [7, 11) is 6.49. The zero-order chi connectivity index (χ0) is 18.0. The third-order valence-corrected chi connectivity index (χ3v) is 4.33. The molecule has 1 aromatic heterocycles. The Kier molecular flexibility index (Phi) is 4.70. The van der Waals surface area contributed by atoms with Crippen LogP contribution in [0.25, 0.3) is 10.9 Å². The van der Waals surface area contributed by atoms with Gasteiger partial charge in [-0.2, -0.15) is 5.10 Å². The van der Waals surface area contributed by atoms with E-state index in [2.05, 4.69) is 10.2 Å². The highest BCUT2D eigenvalue weighted by molar-refractivity contribution is 5.86. The summed E-state index contributed by atoms with van der Waals surface area (Å²) >= 11 is 0. The lowest BCUT2D eigenvalue weighted by Gasteiger charge is -2.14. The number of hydrogen-bond donors (Lipinski definition) is 1. The fraction of sp³-hybridized carbons (Fsp3) is 0.316. The van der Waals surface area contributed by atoms with Crippen molar-refractivity contribution in [3.63, 3.8) is 0 Å². The highest BCUT2D eigenvalue weighted by Crippen LogP contribution is 2.39. The quantitative estimate of drug-likeness (QED) is 0.743. The minimum atomic E-state index is 0.587. The molecule has 6 heteroatoms. The van der Waals surface area contributed by atoms with Crippen LogP contribution in [0.4, 0.5) is 0 Å². The summed E-state index contributed by atoms with van der Waals surface area (Å²) in [5.74, 6) is 2.69. The van der Waals surface area contributed by atoms with Crippen molar-refractivity contribution >= 4 is 10.9 Å². The van der Waals surface area contributed by atoms with Gasteiger partial charge >= 0.3 is 0 Å². The fourth-order valence-electron chi connectivity index (χ4n) is 3.05. The molecule has 0 saturated heterocycles. The minimum Gasteiger partial charge on any atom is -0.496 e. The Hall–Kier alpha value is -2.89. The van der Waals surface area contributed by atoms with Crippen molar-refractivity contribution in [3.8, 4) is 23.0 Å². The van der Waals surface area contributed by atoms with Crippen molar-refractivity contribution < 1.29 is 18.9 Å². The summed E-state index contributed by atoms with van der Waals surface area (Å²) in [6.07, 6.45) is 0.666. The Morgan fingerprint density at radius 2 is 1.52 bits per heavy atom. The molecule has 3 aromatic rings. The van der Waals surface area contributed by atoms with Crippen LogP contribution in [0.1, 0.15) is 16.8 Å². The number of H-pyrrole nitrogens is 1. The molecule has 1 N–H and O–H groups in total. The maximum absolute atomic E-state index is 5.43.